The molecule has 4 nitrogen and oxygen atoms in total. The Hall–Kier alpha value is -1.39. The molecular weight excluding hydrogens is 242 g/mol. The maximum absolute atomic E-state index is 12.2. The van der Waals surface area contributed by atoms with Crippen LogP contribution in [0.3, 0.4) is 0 Å². The van der Waals surface area contributed by atoms with Crippen molar-refractivity contribution in [2.24, 2.45) is 0 Å². The summed E-state index contributed by atoms with van der Waals surface area (Å²) in [7, 11) is 0. The summed E-state index contributed by atoms with van der Waals surface area (Å²) >= 11 is 0. The summed E-state index contributed by atoms with van der Waals surface area (Å²) in [5, 5.41) is 13.2. The number of carbonyl (C=O) groups is 1. The third-order valence-electron chi connectivity index (χ3n) is 3.71. The van der Waals surface area contributed by atoms with Crippen LogP contribution >= 0.6 is 0 Å². The van der Waals surface area contributed by atoms with Crippen LogP contribution in [0.1, 0.15) is 34.3 Å². The average Bonchev–Trinajstić information content (AvgIpc) is 2.37. The highest BCUT2D eigenvalue weighted by Gasteiger charge is 2.30. The predicted octanol–water partition coefficient (Wildman–Crippen LogP) is 1.57. The maximum atomic E-state index is 12.2. The van der Waals surface area contributed by atoms with Crippen LogP contribution in [0.15, 0.2) is 18.2 Å². The van der Waals surface area contributed by atoms with Gasteiger partial charge in [0.25, 0.3) is 5.91 Å². The van der Waals surface area contributed by atoms with Gasteiger partial charge in [0.2, 0.25) is 0 Å². The number of benzene rings is 1. The molecule has 1 saturated heterocycles. The smallest absolute Gasteiger partial charge is 0.251 e. The van der Waals surface area contributed by atoms with Gasteiger partial charge in [-0.1, -0.05) is 18.2 Å². The first-order valence-corrected chi connectivity index (χ1v) is 6.66. The fraction of sp³-hybridized carbons (Fsp3) is 0.533. The molecule has 0 radical (unpaired) electrons. The van der Waals surface area contributed by atoms with E-state index in [1.54, 1.807) is 0 Å². The molecule has 2 rings (SSSR count). The number of ether oxygens (including phenoxy) is 1. The normalized spacial score (nSPS) is 18.1. The van der Waals surface area contributed by atoms with Crippen molar-refractivity contribution in [1.29, 1.82) is 0 Å². The number of hydrogen-bond donors (Lipinski definition) is 2. The molecule has 0 saturated carbocycles. The van der Waals surface area contributed by atoms with E-state index in [1.165, 1.54) is 0 Å². The summed E-state index contributed by atoms with van der Waals surface area (Å²) in [6, 6.07) is 5.78. The molecular formula is C15H21NO3. The number of carbonyl (C=O) groups excluding carboxylic acids is 1. The number of aryl methyl sites for hydroxylation is 2. The largest absolute Gasteiger partial charge is 0.388 e. The summed E-state index contributed by atoms with van der Waals surface area (Å²) < 4.78 is 5.22. The van der Waals surface area contributed by atoms with Crippen LogP contribution in [0.4, 0.5) is 0 Å². The van der Waals surface area contributed by atoms with Gasteiger partial charge in [0, 0.05) is 38.2 Å². The molecule has 4 heteroatoms. The molecule has 1 heterocycles. The van der Waals surface area contributed by atoms with Gasteiger partial charge in [-0.3, -0.25) is 4.79 Å². The highest BCUT2D eigenvalue weighted by Crippen LogP contribution is 2.20. The SMILES string of the molecule is Cc1cccc(C)c1C(=O)NCC1(O)CCOCC1. The van der Waals surface area contributed by atoms with E-state index in [0.29, 0.717) is 31.6 Å². The summed E-state index contributed by atoms with van der Waals surface area (Å²) in [6.07, 6.45) is 1.14. The molecule has 2 N–H and O–H groups in total. The van der Waals surface area contributed by atoms with Crippen LogP contribution < -0.4 is 5.32 Å². The summed E-state index contributed by atoms with van der Waals surface area (Å²) in [6.45, 7) is 5.23. The molecule has 1 aliphatic rings. The van der Waals surface area contributed by atoms with Crippen molar-refractivity contribution in [3.63, 3.8) is 0 Å². The van der Waals surface area contributed by atoms with E-state index in [1.807, 2.05) is 32.0 Å². The van der Waals surface area contributed by atoms with Crippen molar-refractivity contribution in [2.75, 3.05) is 19.8 Å². The Morgan fingerprint density at radius 1 is 1.32 bits per heavy atom. The van der Waals surface area contributed by atoms with Gasteiger partial charge in [-0.15, -0.1) is 0 Å². The average molecular weight is 263 g/mol. The third kappa shape index (κ3) is 3.33. The highest BCUT2D eigenvalue weighted by molar-refractivity contribution is 5.97. The number of amides is 1. The number of nitrogens with one attached hydrogen (secondary N) is 1. The van der Waals surface area contributed by atoms with Crippen molar-refractivity contribution in [3.05, 3.63) is 34.9 Å². The lowest BCUT2D eigenvalue weighted by Gasteiger charge is -2.32. The highest BCUT2D eigenvalue weighted by atomic mass is 16.5. The van der Waals surface area contributed by atoms with Crippen LogP contribution in [0.25, 0.3) is 0 Å². The summed E-state index contributed by atoms with van der Waals surface area (Å²) in [5.41, 5.74) is 1.79. The first-order valence-electron chi connectivity index (χ1n) is 6.66. The second-order valence-electron chi connectivity index (χ2n) is 5.29. The van der Waals surface area contributed by atoms with Gasteiger partial charge in [-0.2, -0.15) is 0 Å². The quantitative estimate of drug-likeness (QED) is 0.870. The Kier molecular flexibility index (Phi) is 4.22. The number of hydrogen-bond acceptors (Lipinski definition) is 3. The van der Waals surface area contributed by atoms with Crippen molar-refractivity contribution >= 4 is 5.91 Å². The molecule has 1 amide bonds. The van der Waals surface area contributed by atoms with Crippen molar-refractivity contribution < 1.29 is 14.6 Å². The first-order chi connectivity index (χ1) is 9.02. The van der Waals surface area contributed by atoms with Crippen LogP contribution in [0.5, 0.6) is 0 Å². The fourth-order valence-electron chi connectivity index (χ4n) is 2.43. The van der Waals surface area contributed by atoms with Crippen LogP contribution in [0, 0.1) is 13.8 Å². The standard InChI is InChI=1S/C15H21NO3/c1-11-4-3-5-12(2)13(11)14(17)16-10-15(18)6-8-19-9-7-15/h3-5,18H,6-10H2,1-2H3,(H,16,17). The fourth-order valence-corrected chi connectivity index (χ4v) is 2.43. The van der Waals surface area contributed by atoms with Gasteiger partial charge in [-0.25, -0.2) is 0 Å². The maximum Gasteiger partial charge on any atom is 0.251 e. The Balaban J connectivity index is 2.01. The molecule has 0 bridgehead atoms. The van der Waals surface area contributed by atoms with E-state index in [4.69, 9.17) is 4.74 Å². The molecule has 0 spiro atoms. The molecule has 0 atom stereocenters. The lowest BCUT2D eigenvalue weighted by atomic mass is 9.94. The van der Waals surface area contributed by atoms with Gasteiger partial charge in [0.05, 0.1) is 5.60 Å². The molecule has 0 aromatic heterocycles. The second-order valence-corrected chi connectivity index (χ2v) is 5.29. The van der Waals surface area contributed by atoms with Crippen molar-refractivity contribution in [2.45, 2.75) is 32.3 Å². The van der Waals surface area contributed by atoms with E-state index in [2.05, 4.69) is 5.32 Å². The van der Waals surface area contributed by atoms with Gasteiger partial charge in [0.15, 0.2) is 0 Å². The Morgan fingerprint density at radius 3 is 2.47 bits per heavy atom. The monoisotopic (exact) mass is 263 g/mol. The first kappa shape index (κ1) is 14.0. The minimum Gasteiger partial charge on any atom is -0.388 e. The topological polar surface area (TPSA) is 58.6 Å². The Bertz CT molecular complexity index is 444. The second kappa shape index (κ2) is 5.72. The van der Waals surface area contributed by atoms with Gasteiger partial charge in [-0.05, 0) is 25.0 Å². The van der Waals surface area contributed by atoms with Crippen LogP contribution in [-0.2, 0) is 4.74 Å². The van der Waals surface area contributed by atoms with E-state index >= 15 is 0 Å². The summed E-state index contributed by atoms with van der Waals surface area (Å²) in [5.74, 6) is -0.115. The molecule has 1 fully saturated rings. The lowest BCUT2D eigenvalue weighted by molar-refractivity contribution is -0.0605. The molecule has 1 aromatic rings. The molecule has 1 aromatic carbocycles. The predicted molar refractivity (Wildman–Crippen MR) is 73.3 cm³/mol. The van der Waals surface area contributed by atoms with Crippen LogP contribution in [0.2, 0.25) is 0 Å². The molecule has 0 unspecified atom stereocenters. The lowest BCUT2D eigenvalue weighted by Crippen LogP contribution is -2.46. The summed E-state index contributed by atoms with van der Waals surface area (Å²) in [4.78, 5) is 12.2. The van der Waals surface area contributed by atoms with E-state index in [0.717, 1.165) is 11.1 Å². The Morgan fingerprint density at radius 2 is 1.89 bits per heavy atom. The zero-order chi connectivity index (χ0) is 13.9. The number of aliphatic hydroxyl groups is 1. The van der Waals surface area contributed by atoms with E-state index < -0.39 is 5.60 Å². The zero-order valence-corrected chi connectivity index (χ0v) is 11.5. The third-order valence-corrected chi connectivity index (χ3v) is 3.71. The van der Waals surface area contributed by atoms with Crippen molar-refractivity contribution in [1.82, 2.24) is 5.32 Å². The minimum absolute atomic E-state index is 0.115. The van der Waals surface area contributed by atoms with Gasteiger partial charge >= 0.3 is 0 Å². The van der Waals surface area contributed by atoms with Crippen molar-refractivity contribution in [3.8, 4) is 0 Å². The molecule has 1 aliphatic heterocycles. The van der Waals surface area contributed by atoms with Gasteiger partial charge < -0.3 is 15.2 Å². The van der Waals surface area contributed by atoms with Crippen LogP contribution in [-0.4, -0.2) is 36.4 Å². The molecule has 19 heavy (non-hydrogen) atoms. The molecule has 0 aliphatic carbocycles. The van der Waals surface area contributed by atoms with E-state index in [9.17, 15) is 9.90 Å². The zero-order valence-electron chi connectivity index (χ0n) is 11.5. The minimum atomic E-state index is -0.829. The van der Waals surface area contributed by atoms with Gasteiger partial charge in [0.1, 0.15) is 0 Å². The van der Waals surface area contributed by atoms with E-state index in [-0.39, 0.29) is 12.5 Å². The molecule has 104 valence electrons. The number of rotatable bonds is 3. The Labute approximate surface area is 113 Å².